The second kappa shape index (κ2) is 3.90. The Bertz CT molecular complexity index is 444. The van der Waals surface area contributed by atoms with E-state index in [9.17, 15) is 0 Å². The Balaban J connectivity index is 2.14. The normalized spacial score (nSPS) is 13.0. The summed E-state index contributed by atoms with van der Waals surface area (Å²) < 4.78 is 7.21. The lowest BCUT2D eigenvalue weighted by Gasteiger charge is -2.10. The standard InChI is InChI=1S/C11H15N3O/c1-8-9(3-6-15-8)10(12)7-11-13-4-5-14(11)2/h3-6,10H,7,12H2,1-2H3. The first-order valence-electron chi connectivity index (χ1n) is 4.94. The number of imidazole rings is 1. The molecule has 0 saturated carbocycles. The molecular weight excluding hydrogens is 190 g/mol. The van der Waals surface area contributed by atoms with Crippen molar-refractivity contribution in [2.45, 2.75) is 19.4 Å². The van der Waals surface area contributed by atoms with Crippen molar-refractivity contribution in [3.05, 3.63) is 41.9 Å². The third kappa shape index (κ3) is 1.94. The molecular formula is C11H15N3O. The smallest absolute Gasteiger partial charge is 0.110 e. The number of hydrogen-bond donors (Lipinski definition) is 1. The zero-order chi connectivity index (χ0) is 10.8. The Labute approximate surface area is 88.7 Å². The minimum Gasteiger partial charge on any atom is -0.469 e. The van der Waals surface area contributed by atoms with Crippen LogP contribution in [0.3, 0.4) is 0 Å². The van der Waals surface area contributed by atoms with Gasteiger partial charge in [-0.3, -0.25) is 0 Å². The fourth-order valence-electron chi connectivity index (χ4n) is 1.68. The minimum atomic E-state index is -0.0511. The van der Waals surface area contributed by atoms with Crippen LogP contribution in [0.2, 0.25) is 0 Å². The predicted octanol–water partition coefficient (Wildman–Crippen LogP) is 1.56. The SMILES string of the molecule is Cc1occc1C(N)Cc1nccn1C. The maximum absolute atomic E-state index is 6.09. The second-order valence-electron chi connectivity index (χ2n) is 3.70. The lowest BCUT2D eigenvalue weighted by Crippen LogP contribution is -2.15. The molecule has 2 aromatic heterocycles. The first-order valence-corrected chi connectivity index (χ1v) is 4.94. The molecule has 1 unspecified atom stereocenters. The summed E-state index contributed by atoms with van der Waals surface area (Å²) in [4.78, 5) is 4.25. The van der Waals surface area contributed by atoms with Crippen LogP contribution in [0.1, 0.15) is 23.2 Å². The van der Waals surface area contributed by atoms with Gasteiger partial charge in [-0.25, -0.2) is 4.98 Å². The molecule has 2 aromatic rings. The summed E-state index contributed by atoms with van der Waals surface area (Å²) in [6.45, 7) is 1.92. The Hall–Kier alpha value is -1.55. The molecule has 0 radical (unpaired) electrons. The Morgan fingerprint density at radius 1 is 1.60 bits per heavy atom. The van der Waals surface area contributed by atoms with Gasteiger partial charge in [-0.2, -0.15) is 0 Å². The van der Waals surface area contributed by atoms with Crippen LogP contribution in [0.5, 0.6) is 0 Å². The van der Waals surface area contributed by atoms with Gasteiger partial charge in [0.1, 0.15) is 11.6 Å². The summed E-state index contributed by atoms with van der Waals surface area (Å²) in [6.07, 6.45) is 6.10. The molecule has 4 nitrogen and oxygen atoms in total. The summed E-state index contributed by atoms with van der Waals surface area (Å²) in [7, 11) is 1.97. The Kier molecular flexibility index (Phi) is 2.60. The van der Waals surface area contributed by atoms with Gasteiger partial charge < -0.3 is 14.7 Å². The first-order chi connectivity index (χ1) is 7.18. The summed E-state index contributed by atoms with van der Waals surface area (Å²) in [5.41, 5.74) is 7.14. The average molecular weight is 205 g/mol. The van der Waals surface area contributed by atoms with E-state index in [1.807, 2.05) is 30.8 Å². The molecule has 0 aliphatic heterocycles. The second-order valence-corrected chi connectivity index (χ2v) is 3.70. The van der Waals surface area contributed by atoms with E-state index in [0.717, 1.165) is 23.6 Å². The van der Waals surface area contributed by atoms with Crippen LogP contribution in [0.15, 0.2) is 29.1 Å². The van der Waals surface area contributed by atoms with E-state index < -0.39 is 0 Å². The molecule has 4 heteroatoms. The fraction of sp³-hybridized carbons (Fsp3) is 0.364. The molecule has 80 valence electrons. The van der Waals surface area contributed by atoms with Crippen LogP contribution in [0.4, 0.5) is 0 Å². The monoisotopic (exact) mass is 205 g/mol. The maximum Gasteiger partial charge on any atom is 0.110 e. The van der Waals surface area contributed by atoms with E-state index >= 15 is 0 Å². The largest absolute Gasteiger partial charge is 0.469 e. The van der Waals surface area contributed by atoms with Crippen molar-refractivity contribution in [3.63, 3.8) is 0 Å². The number of aryl methyl sites for hydroxylation is 2. The van der Waals surface area contributed by atoms with Crippen molar-refractivity contribution in [2.75, 3.05) is 0 Å². The molecule has 0 fully saturated rings. The van der Waals surface area contributed by atoms with E-state index in [2.05, 4.69) is 4.98 Å². The fourth-order valence-corrected chi connectivity index (χ4v) is 1.68. The zero-order valence-electron chi connectivity index (χ0n) is 8.97. The summed E-state index contributed by atoms with van der Waals surface area (Å²) in [5.74, 6) is 1.87. The van der Waals surface area contributed by atoms with E-state index in [1.165, 1.54) is 0 Å². The quantitative estimate of drug-likeness (QED) is 0.827. The van der Waals surface area contributed by atoms with Gasteiger partial charge in [-0.05, 0) is 13.0 Å². The van der Waals surface area contributed by atoms with Crippen LogP contribution in [0.25, 0.3) is 0 Å². The molecule has 0 saturated heterocycles. The highest BCUT2D eigenvalue weighted by Crippen LogP contribution is 2.19. The van der Waals surface area contributed by atoms with Crippen molar-refractivity contribution in [1.29, 1.82) is 0 Å². The van der Waals surface area contributed by atoms with E-state index in [-0.39, 0.29) is 6.04 Å². The van der Waals surface area contributed by atoms with Gasteiger partial charge in [0.15, 0.2) is 0 Å². The number of furan rings is 1. The van der Waals surface area contributed by atoms with E-state index in [1.54, 1.807) is 12.5 Å². The lowest BCUT2D eigenvalue weighted by molar-refractivity contribution is 0.522. The van der Waals surface area contributed by atoms with Crippen molar-refractivity contribution in [2.24, 2.45) is 12.8 Å². The average Bonchev–Trinajstić information content (AvgIpc) is 2.76. The molecule has 15 heavy (non-hydrogen) atoms. The molecule has 0 spiro atoms. The third-order valence-electron chi connectivity index (χ3n) is 2.62. The van der Waals surface area contributed by atoms with Crippen molar-refractivity contribution in [1.82, 2.24) is 9.55 Å². The molecule has 0 aliphatic rings. The molecule has 2 heterocycles. The van der Waals surface area contributed by atoms with Gasteiger partial charge in [0.05, 0.1) is 6.26 Å². The van der Waals surface area contributed by atoms with Gasteiger partial charge in [-0.15, -0.1) is 0 Å². The Morgan fingerprint density at radius 3 is 2.93 bits per heavy atom. The number of nitrogens with two attached hydrogens (primary N) is 1. The third-order valence-corrected chi connectivity index (χ3v) is 2.62. The molecule has 0 aromatic carbocycles. The lowest BCUT2D eigenvalue weighted by atomic mass is 10.1. The van der Waals surface area contributed by atoms with Crippen molar-refractivity contribution >= 4 is 0 Å². The highest BCUT2D eigenvalue weighted by Gasteiger charge is 2.13. The van der Waals surface area contributed by atoms with Gasteiger partial charge in [-0.1, -0.05) is 0 Å². The molecule has 2 N–H and O–H groups in total. The molecule has 0 bridgehead atoms. The van der Waals surface area contributed by atoms with Crippen molar-refractivity contribution in [3.8, 4) is 0 Å². The predicted molar refractivity (Wildman–Crippen MR) is 57.3 cm³/mol. The van der Waals surface area contributed by atoms with Crippen LogP contribution in [-0.4, -0.2) is 9.55 Å². The Morgan fingerprint density at radius 2 is 2.40 bits per heavy atom. The summed E-state index contributed by atoms with van der Waals surface area (Å²) >= 11 is 0. The molecule has 0 amide bonds. The highest BCUT2D eigenvalue weighted by atomic mass is 16.3. The first kappa shape index (κ1) is 9.98. The van der Waals surface area contributed by atoms with Gasteiger partial charge in [0.25, 0.3) is 0 Å². The van der Waals surface area contributed by atoms with E-state index in [0.29, 0.717) is 0 Å². The topological polar surface area (TPSA) is 57.0 Å². The molecule has 0 aliphatic carbocycles. The number of hydrogen-bond acceptors (Lipinski definition) is 3. The highest BCUT2D eigenvalue weighted by molar-refractivity contribution is 5.21. The van der Waals surface area contributed by atoms with Crippen LogP contribution >= 0.6 is 0 Å². The maximum atomic E-state index is 6.09. The van der Waals surface area contributed by atoms with Crippen molar-refractivity contribution < 1.29 is 4.42 Å². The van der Waals surface area contributed by atoms with Gasteiger partial charge in [0.2, 0.25) is 0 Å². The van der Waals surface area contributed by atoms with Crippen LogP contribution in [0, 0.1) is 6.92 Å². The molecule has 1 atom stereocenters. The minimum absolute atomic E-state index is 0.0511. The zero-order valence-corrected chi connectivity index (χ0v) is 8.97. The molecule has 2 rings (SSSR count). The van der Waals surface area contributed by atoms with Crippen LogP contribution in [-0.2, 0) is 13.5 Å². The van der Waals surface area contributed by atoms with Gasteiger partial charge in [0, 0.05) is 37.5 Å². The van der Waals surface area contributed by atoms with E-state index in [4.69, 9.17) is 10.2 Å². The number of aromatic nitrogens is 2. The summed E-state index contributed by atoms with van der Waals surface area (Å²) in [5, 5.41) is 0. The van der Waals surface area contributed by atoms with Crippen LogP contribution < -0.4 is 5.73 Å². The summed E-state index contributed by atoms with van der Waals surface area (Å²) in [6, 6.07) is 1.87. The number of rotatable bonds is 3. The number of nitrogens with zero attached hydrogens (tertiary/aromatic N) is 2. The van der Waals surface area contributed by atoms with Gasteiger partial charge >= 0.3 is 0 Å².